The third-order valence-corrected chi connectivity index (χ3v) is 5.36. The smallest absolute Gasteiger partial charge is 0.242 e. The molecule has 2 rings (SSSR count). The molecule has 0 aliphatic carbocycles. The lowest BCUT2D eigenvalue weighted by Crippen LogP contribution is -2.46. The van der Waals surface area contributed by atoms with Crippen molar-refractivity contribution in [1.82, 2.24) is 20.0 Å². The molecular weight excluding hydrogens is 350 g/mol. The first kappa shape index (κ1) is 22.2. The minimum atomic E-state index is 0.136. The van der Waals surface area contributed by atoms with Gasteiger partial charge in [-0.25, -0.2) is 0 Å². The van der Waals surface area contributed by atoms with E-state index in [9.17, 15) is 4.79 Å². The Bertz CT molecular complexity index is 609. The van der Waals surface area contributed by atoms with E-state index < -0.39 is 0 Å². The maximum Gasteiger partial charge on any atom is 0.242 e. The predicted octanol–water partition coefficient (Wildman–Crippen LogP) is 2.59. The van der Waals surface area contributed by atoms with Gasteiger partial charge in [0.15, 0.2) is 5.96 Å². The van der Waals surface area contributed by atoms with Gasteiger partial charge in [-0.15, -0.1) is 0 Å². The number of nitrogens with one attached hydrogen (secondary N) is 1. The fourth-order valence-electron chi connectivity index (χ4n) is 3.76. The zero-order chi connectivity index (χ0) is 20.4. The fourth-order valence-corrected chi connectivity index (χ4v) is 3.76. The normalized spacial score (nSPS) is 16.1. The molecule has 0 radical (unpaired) electrons. The predicted molar refractivity (Wildman–Crippen MR) is 117 cm³/mol. The van der Waals surface area contributed by atoms with Crippen LogP contribution in [0.3, 0.4) is 0 Å². The summed E-state index contributed by atoms with van der Waals surface area (Å²) in [6.07, 6.45) is 2.51. The van der Waals surface area contributed by atoms with Gasteiger partial charge in [0.1, 0.15) is 0 Å². The Labute approximate surface area is 170 Å². The largest absolute Gasteiger partial charge is 0.357 e. The second kappa shape index (κ2) is 11.7. The van der Waals surface area contributed by atoms with Crippen LogP contribution in [0.2, 0.25) is 0 Å². The van der Waals surface area contributed by atoms with E-state index in [0.29, 0.717) is 13.1 Å². The van der Waals surface area contributed by atoms with Gasteiger partial charge in [-0.05, 0) is 52.3 Å². The Balaban J connectivity index is 2.12. The van der Waals surface area contributed by atoms with Crippen LogP contribution in [0.1, 0.15) is 45.2 Å². The van der Waals surface area contributed by atoms with E-state index in [1.807, 2.05) is 30.7 Å². The van der Waals surface area contributed by atoms with Gasteiger partial charge in [-0.1, -0.05) is 30.3 Å². The molecule has 156 valence electrons. The van der Waals surface area contributed by atoms with Crippen LogP contribution in [-0.2, 0) is 4.79 Å². The summed E-state index contributed by atoms with van der Waals surface area (Å²) in [6, 6.07) is 10.9. The molecule has 0 saturated carbocycles. The van der Waals surface area contributed by atoms with E-state index in [0.717, 1.165) is 38.7 Å². The molecule has 1 heterocycles. The van der Waals surface area contributed by atoms with Crippen LogP contribution in [0, 0.1) is 0 Å². The quantitative estimate of drug-likeness (QED) is 0.523. The van der Waals surface area contributed by atoms with E-state index >= 15 is 0 Å². The zero-order valence-electron chi connectivity index (χ0n) is 18.0. The number of hydrogen-bond donors (Lipinski definition) is 1. The van der Waals surface area contributed by atoms with Crippen LogP contribution < -0.4 is 5.32 Å². The molecule has 1 N–H and O–H groups in total. The Morgan fingerprint density at radius 2 is 1.79 bits per heavy atom. The van der Waals surface area contributed by atoms with Crippen molar-refractivity contribution in [2.45, 2.75) is 39.7 Å². The van der Waals surface area contributed by atoms with Gasteiger partial charge in [-0.3, -0.25) is 14.7 Å². The zero-order valence-corrected chi connectivity index (χ0v) is 18.0. The number of likely N-dealkylation sites (N-methyl/N-ethyl adjacent to an activating group) is 2. The minimum absolute atomic E-state index is 0.136. The lowest BCUT2D eigenvalue weighted by atomic mass is 10.1. The van der Waals surface area contributed by atoms with E-state index in [-0.39, 0.29) is 11.9 Å². The van der Waals surface area contributed by atoms with E-state index in [1.54, 1.807) is 0 Å². The maximum absolute atomic E-state index is 12.5. The number of aliphatic imine (C=N–C) groups is 1. The molecule has 1 amide bonds. The van der Waals surface area contributed by atoms with Crippen molar-refractivity contribution in [3.63, 3.8) is 0 Å². The standard InChI is InChI=1S/C22H37N5O/c1-5-23-22(25(4)18-21(28)26(6-2)7-3)24-17-20(27-15-11-12-16-27)19-13-9-8-10-14-19/h8-10,13-14,20H,5-7,11-12,15-18H2,1-4H3,(H,23,24). The summed E-state index contributed by atoms with van der Waals surface area (Å²) < 4.78 is 0. The minimum Gasteiger partial charge on any atom is -0.357 e. The van der Waals surface area contributed by atoms with Crippen LogP contribution in [0.15, 0.2) is 35.3 Å². The van der Waals surface area contributed by atoms with Crippen molar-refractivity contribution in [2.75, 3.05) is 52.9 Å². The highest BCUT2D eigenvalue weighted by Crippen LogP contribution is 2.25. The van der Waals surface area contributed by atoms with Crippen molar-refractivity contribution in [3.8, 4) is 0 Å². The molecule has 6 heteroatoms. The highest BCUT2D eigenvalue weighted by Gasteiger charge is 2.23. The van der Waals surface area contributed by atoms with Gasteiger partial charge in [0.25, 0.3) is 0 Å². The summed E-state index contributed by atoms with van der Waals surface area (Å²) in [6.45, 7) is 11.6. The molecular formula is C22H37N5O. The summed E-state index contributed by atoms with van der Waals surface area (Å²) >= 11 is 0. The highest BCUT2D eigenvalue weighted by atomic mass is 16.2. The van der Waals surface area contributed by atoms with E-state index in [2.05, 4.69) is 47.5 Å². The summed E-state index contributed by atoms with van der Waals surface area (Å²) in [4.78, 5) is 23.7. The van der Waals surface area contributed by atoms with Crippen molar-refractivity contribution in [3.05, 3.63) is 35.9 Å². The SMILES string of the molecule is CCNC(=NCC(c1ccccc1)N1CCCC1)N(C)CC(=O)N(CC)CC. The van der Waals surface area contributed by atoms with Gasteiger partial charge in [0, 0.05) is 26.7 Å². The lowest BCUT2D eigenvalue weighted by Gasteiger charge is -2.29. The van der Waals surface area contributed by atoms with Crippen LogP contribution in [-0.4, -0.2) is 79.4 Å². The fraction of sp³-hybridized carbons (Fsp3) is 0.636. The molecule has 1 aliphatic heterocycles. The number of amides is 1. The van der Waals surface area contributed by atoms with Gasteiger partial charge in [0.2, 0.25) is 5.91 Å². The average molecular weight is 388 g/mol. The number of carbonyl (C=O) groups is 1. The Hall–Kier alpha value is -2.08. The molecule has 28 heavy (non-hydrogen) atoms. The van der Waals surface area contributed by atoms with E-state index in [4.69, 9.17) is 4.99 Å². The van der Waals surface area contributed by atoms with Gasteiger partial charge >= 0.3 is 0 Å². The van der Waals surface area contributed by atoms with Crippen LogP contribution in [0.25, 0.3) is 0 Å². The molecule has 0 bridgehead atoms. The Morgan fingerprint density at radius 3 is 2.36 bits per heavy atom. The first-order valence-corrected chi connectivity index (χ1v) is 10.7. The molecule has 6 nitrogen and oxygen atoms in total. The van der Waals surface area contributed by atoms with Gasteiger partial charge in [0.05, 0.1) is 19.1 Å². The van der Waals surface area contributed by atoms with Crippen LogP contribution in [0.5, 0.6) is 0 Å². The first-order chi connectivity index (χ1) is 13.6. The second-order valence-corrected chi connectivity index (χ2v) is 7.29. The number of carbonyl (C=O) groups excluding carboxylic acids is 1. The maximum atomic E-state index is 12.5. The molecule has 1 fully saturated rings. The summed E-state index contributed by atoms with van der Waals surface area (Å²) in [7, 11) is 1.94. The van der Waals surface area contributed by atoms with Crippen LogP contribution >= 0.6 is 0 Å². The molecule has 1 saturated heterocycles. The Morgan fingerprint density at radius 1 is 1.14 bits per heavy atom. The molecule has 1 atom stereocenters. The van der Waals surface area contributed by atoms with Crippen molar-refractivity contribution in [2.24, 2.45) is 4.99 Å². The van der Waals surface area contributed by atoms with Crippen LogP contribution in [0.4, 0.5) is 0 Å². The topological polar surface area (TPSA) is 51.2 Å². The van der Waals surface area contributed by atoms with Crippen molar-refractivity contribution in [1.29, 1.82) is 0 Å². The number of nitrogens with zero attached hydrogens (tertiary/aromatic N) is 4. The number of hydrogen-bond acceptors (Lipinski definition) is 3. The number of guanidine groups is 1. The van der Waals surface area contributed by atoms with Crippen molar-refractivity contribution >= 4 is 11.9 Å². The monoisotopic (exact) mass is 387 g/mol. The number of likely N-dealkylation sites (tertiary alicyclic amines) is 1. The molecule has 0 aromatic heterocycles. The lowest BCUT2D eigenvalue weighted by molar-refractivity contribution is -0.131. The van der Waals surface area contributed by atoms with Crippen molar-refractivity contribution < 1.29 is 4.79 Å². The highest BCUT2D eigenvalue weighted by molar-refractivity contribution is 5.86. The molecule has 1 aromatic carbocycles. The number of rotatable bonds is 9. The molecule has 0 spiro atoms. The number of benzene rings is 1. The van der Waals surface area contributed by atoms with E-state index in [1.165, 1.54) is 18.4 Å². The average Bonchev–Trinajstić information content (AvgIpc) is 3.23. The Kier molecular flexibility index (Phi) is 9.28. The summed E-state index contributed by atoms with van der Waals surface area (Å²) in [5.41, 5.74) is 1.31. The third-order valence-electron chi connectivity index (χ3n) is 5.36. The van der Waals surface area contributed by atoms with Gasteiger partial charge in [-0.2, -0.15) is 0 Å². The molecule has 1 aliphatic rings. The second-order valence-electron chi connectivity index (χ2n) is 7.29. The third kappa shape index (κ3) is 6.23. The molecule has 1 aromatic rings. The first-order valence-electron chi connectivity index (χ1n) is 10.7. The summed E-state index contributed by atoms with van der Waals surface area (Å²) in [5, 5.41) is 3.35. The molecule has 1 unspecified atom stereocenters. The van der Waals surface area contributed by atoms with Gasteiger partial charge < -0.3 is 15.1 Å². The summed E-state index contributed by atoms with van der Waals surface area (Å²) in [5.74, 6) is 0.931.